The Labute approximate surface area is 123 Å². The van der Waals surface area contributed by atoms with Crippen LogP contribution >= 0.6 is 0 Å². The summed E-state index contributed by atoms with van der Waals surface area (Å²) in [5, 5.41) is 6.24. The van der Waals surface area contributed by atoms with Gasteiger partial charge in [-0.25, -0.2) is 14.1 Å². The van der Waals surface area contributed by atoms with Crippen molar-refractivity contribution in [2.45, 2.75) is 0 Å². The molecule has 2 aromatic heterocycles. The van der Waals surface area contributed by atoms with Gasteiger partial charge >= 0.3 is 0 Å². The minimum absolute atomic E-state index is 0.0876. The van der Waals surface area contributed by atoms with Gasteiger partial charge < -0.3 is 10.3 Å². The van der Waals surface area contributed by atoms with Gasteiger partial charge in [0.05, 0.1) is 0 Å². The molecule has 1 amide bonds. The van der Waals surface area contributed by atoms with Crippen LogP contribution in [0.1, 0.15) is 10.4 Å². The second kappa shape index (κ2) is 5.60. The lowest BCUT2D eigenvalue weighted by Gasteiger charge is -2.07. The molecule has 2 N–H and O–H groups in total. The molecular formula is C14H10FN5O2. The molecule has 2 heterocycles. The predicted octanol–water partition coefficient (Wildman–Crippen LogP) is 1.35. The first kappa shape index (κ1) is 13.7. The Hall–Kier alpha value is -3.29. The Morgan fingerprint density at radius 1 is 1.32 bits per heavy atom. The zero-order chi connectivity index (χ0) is 15.5. The van der Waals surface area contributed by atoms with Crippen LogP contribution in [0.3, 0.4) is 0 Å². The molecule has 22 heavy (non-hydrogen) atoms. The number of aromatic nitrogens is 4. The van der Waals surface area contributed by atoms with E-state index in [4.69, 9.17) is 0 Å². The monoisotopic (exact) mass is 299 g/mol. The summed E-state index contributed by atoms with van der Waals surface area (Å²) in [5.41, 5.74) is 0.0105. The zero-order valence-corrected chi connectivity index (χ0v) is 11.2. The van der Waals surface area contributed by atoms with Gasteiger partial charge in [0.25, 0.3) is 5.91 Å². The number of hydrogen-bond donors (Lipinski definition) is 2. The van der Waals surface area contributed by atoms with Crippen LogP contribution in [-0.4, -0.2) is 25.7 Å². The summed E-state index contributed by atoms with van der Waals surface area (Å²) in [4.78, 5) is 30.0. The van der Waals surface area contributed by atoms with Gasteiger partial charge in [-0.15, -0.1) is 0 Å². The molecule has 0 fully saturated rings. The number of aromatic amines is 1. The third kappa shape index (κ3) is 2.62. The van der Waals surface area contributed by atoms with Crippen molar-refractivity contribution < 1.29 is 9.18 Å². The summed E-state index contributed by atoms with van der Waals surface area (Å²) < 4.78 is 15.3. The van der Waals surface area contributed by atoms with Crippen LogP contribution in [0, 0.1) is 5.82 Å². The van der Waals surface area contributed by atoms with E-state index < -0.39 is 11.7 Å². The number of amides is 1. The van der Waals surface area contributed by atoms with Crippen LogP contribution in [0.25, 0.3) is 5.69 Å². The first-order chi connectivity index (χ1) is 10.6. The first-order valence-corrected chi connectivity index (χ1v) is 6.28. The van der Waals surface area contributed by atoms with Gasteiger partial charge in [-0.1, -0.05) is 0 Å². The average Bonchev–Trinajstić information content (AvgIpc) is 3.03. The summed E-state index contributed by atoms with van der Waals surface area (Å²) in [6.07, 6.45) is 5.44. The van der Waals surface area contributed by atoms with Crippen molar-refractivity contribution >= 4 is 11.6 Å². The number of benzene rings is 1. The molecule has 0 radical (unpaired) electrons. The van der Waals surface area contributed by atoms with E-state index in [-0.39, 0.29) is 22.4 Å². The fraction of sp³-hybridized carbons (Fsp3) is 0. The fourth-order valence-corrected chi connectivity index (χ4v) is 1.87. The maximum atomic E-state index is 14.1. The number of halogens is 1. The zero-order valence-electron chi connectivity index (χ0n) is 11.2. The summed E-state index contributed by atoms with van der Waals surface area (Å²) in [6, 6.07) is 5.20. The molecule has 3 aromatic rings. The minimum Gasteiger partial charge on any atom is -0.366 e. The van der Waals surface area contributed by atoms with Gasteiger partial charge in [-0.2, -0.15) is 5.10 Å². The van der Waals surface area contributed by atoms with Gasteiger partial charge in [0.2, 0.25) is 5.43 Å². The fourth-order valence-electron chi connectivity index (χ4n) is 1.87. The van der Waals surface area contributed by atoms with Gasteiger partial charge in [0.1, 0.15) is 29.8 Å². The molecule has 110 valence electrons. The molecule has 0 aliphatic heterocycles. The number of hydrogen-bond acceptors (Lipinski definition) is 4. The van der Waals surface area contributed by atoms with Crippen molar-refractivity contribution in [3.8, 4) is 5.69 Å². The molecule has 8 heteroatoms. The van der Waals surface area contributed by atoms with Crippen LogP contribution in [0.15, 0.2) is 54.1 Å². The summed E-state index contributed by atoms with van der Waals surface area (Å²) in [7, 11) is 0. The van der Waals surface area contributed by atoms with Crippen molar-refractivity contribution in [3.05, 3.63) is 70.9 Å². The SMILES string of the molecule is O=C(Nc1c[nH]ccc1=O)c1ccc(-n2cncn2)c(F)c1. The Balaban J connectivity index is 1.86. The summed E-state index contributed by atoms with van der Waals surface area (Å²) in [6.45, 7) is 0. The van der Waals surface area contributed by atoms with E-state index >= 15 is 0 Å². The number of anilines is 1. The normalized spacial score (nSPS) is 10.4. The lowest BCUT2D eigenvalue weighted by Crippen LogP contribution is -2.18. The standard InChI is InChI=1S/C14H10FN5O2/c15-10-5-9(1-2-12(10)20-8-17-7-18-20)14(22)19-11-6-16-4-3-13(11)21/h1-8H,(H,16,21)(H,19,22). The number of nitrogens with zero attached hydrogens (tertiary/aromatic N) is 3. The van der Waals surface area contributed by atoms with Crippen molar-refractivity contribution in [3.63, 3.8) is 0 Å². The van der Waals surface area contributed by atoms with E-state index in [1.807, 2.05) is 0 Å². The van der Waals surface area contributed by atoms with E-state index in [1.54, 1.807) is 0 Å². The molecule has 0 bridgehead atoms. The van der Waals surface area contributed by atoms with E-state index in [1.165, 1.54) is 47.9 Å². The Morgan fingerprint density at radius 2 is 2.18 bits per heavy atom. The largest absolute Gasteiger partial charge is 0.366 e. The van der Waals surface area contributed by atoms with Crippen LogP contribution < -0.4 is 10.7 Å². The van der Waals surface area contributed by atoms with E-state index in [9.17, 15) is 14.0 Å². The van der Waals surface area contributed by atoms with Gasteiger partial charge in [-0.05, 0) is 18.2 Å². The molecule has 0 saturated carbocycles. The maximum absolute atomic E-state index is 14.1. The topological polar surface area (TPSA) is 92.7 Å². The number of rotatable bonds is 3. The predicted molar refractivity (Wildman–Crippen MR) is 76.3 cm³/mol. The molecule has 3 rings (SSSR count). The molecule has 0 unspecified atom stereocenters. The quantitative estimate of drug-likeness (QED) is 0.763. The van der Waals surface area contributed by atoms with Crippen LogP contribution in [0.4, 0.5) is 10.1 Å². The van der Waals surface area contributed by atoms with E-state index in [0.29, 0.717) is 0 Å². The highest BCUT2D eigenvalue weighted by atomic mass is 19.1. The second-order valence-electron chi connectivity index (χ2n) is 4.38. The molecule has 0 aliphatic carbocycles. The second-order valence-corrected chi connectivity index (χ2v) is 4.38. The van der Waals surface area contributed by atoms with Gasteiger partial charge in [-0.3, -0.25) is 9.59 Å². The minimum atomic E-state index is -0.625. The average molecular weight is 299 g/mol. The lowest BCUT2D eigenvalue weighted by atomic mass is 10.2. The smallest absolute Gasteiger partial charge is 0.255 e. The van der Waals surface area contributed by atoms with Gasteiger partial charge in [0.15, 0.2) is 0 Å². The molecule has 0 saturated heterocycles. The molecule has 0 aliphatic rings. The summed E-state index contributed by atoms with van der Waals surface area (Å²) in [5.74, 6) is -1.21. The lowest BCUT2D eigenvalue weighted by molar-refractivity contribution is 0.102. The Bertz CT molecular complexity index is 873. The van der Waals surface area contributed by atoms with Gasteiger partial charge in [0, 0.05) is 24.0 Å². The third-order valence-electron chi connectivity index (χ3n) is 2.95. The van der Waals surface area contributed by atoms with Crippen molar-refractivity contribution in [1.29, 1.82) is 0 Å². The number of carbonyl (C=O) groups is 1. The van der Waals surface area contributed by atoms with Crippen LogP contribution in [-0.2, 0) is 0 Å². The van der Waals surface area contributed by atoms with E-state index in [0.717, 1.165) is 6.07 Å². The molecule has 1 aromatic carbocycles. The van der Waals surface area contributed by atoms with E-state index in [2.05, 4.69) is 20.4 Å². The summed E-state index contributed by atoms with van der Waals surface area (Å²) >= 11 is 0. The molecule has 7 nitrogen and oxygen atoms in total. The highest BCUT2D eigenvalue weighted by Crippen LogP contribution is 2.14. The highest BCUT2D eigenvalue weighted by molar-refractivity contribution is 6.04. The number of nitrogens with one attached hydrogen (secondary N) is 2. The van der Waals surface area contributed by atoms with Crippen LogP contribution in [0.2, 0.25) is 0 Å². The third-order valence-corrected chi connectivity index (χ3v) is 2.95. The molecule has 0 atom stereocenters. The van der Waals surface area contributed by atoms with Crippen LogP contribution in [0.5, 0.6) is 0 Å². The maximum Gasteiger partial charge on any atom is 0.255 e. The van der Waals surface area contributed by atoms with Crippen molar-refractivity contribution in [2.75, 3.05) is 5.32 Å². The highest BCUT2D eigenvalue weighted by Gasteiger charge is 2.12. The number of H-pyrrole nitrogens is 1. The number of pyridine rings is 1. The van der Waals surface area contributed by atoms with Crippen molar-refractivity contribution in [2.24, 2.45) is 0 Å². The molecular weight excluding hydrogens is 289 g/mol. The molecule has 0 spiro atoms. The Morgan fingerprint density at radius 3 is 2.86 bits per heavy atom. The number of carbonyl (C=O) groups excluding carboxylic acids is 1. The Kier molecular flexibility index (Phi) is 3.48. The first-order valence-electron chi connectivity index (χ1n) is 6.28. The van der Waals surface area contributed by atoms with Crippen molar-refractivity contribution in [1.82, 2.24) is 19.7 Å².